The molecule has 9 nitrogen and oxygen atoms in total. The first-order chi connectivity index (χ1) is 15.8. The quantitative estimate of drug-likeness (QED) is 0.368. The molecule has 0 aliphatic heterocycles. The van der Waals surface area contributed by atoms with Gasteiger partial charge in [-0.25, -0.2) is 13.2 Å². The van der Waals surface area contributed by atoms with Gasteiger partial charge in [-0.1, -0.05) is 36.4 Å². The van der Waals surface area contributed by atoms with Crippen molar-refractivity contribution in [1.82, 2.24) is 15.2 Å². The number of hydrazine groups is 1. The molecule has 0 bridgehead atoms. The van der Waals surface area contributed by atoms with Gasteiger partial charge in [0.25, 0.3) is 10.0 Å². The Morgan fingerprint density at radius 2 is 1.85 bits per heavy atom. The fraction of sp³-hybridized carbons (Fsp3) is 0.348. The molecule has 0 heterocycles. The lowest BCUT2D eigenvalue weighted by atomic mass is 10.0. The van der Waals surface area contributed by atoms with Gasteiger partial charge in [0.1, 0.15) is 5.75 Å². The molecule has 2 aromatic carbocycles. The molecule has 10 heteroatoms. The maximum Gasteiger partial charge on any atom is 0.404 e. The first-order valence-corrected chi connectivity index (χ1v) is 12.1. The zero-order valence-electron chi connectivity index (χ0n) is 18.3. The van der Waals surface area contributed by atoms with Gasteiger partial charge in [0.2, 0.25) is 0 Å². The van der Waals surface area contributed by atoms with Crippen molar-refractivity contribution in [1.29, 1.82) is 0 Å². The Hall–Kier alpha value is -3.08. The van der Waals surface area contributed by atoms with Gasteiger partial charge in [-0.05, 0) is 55.5 Å². The molecule has 0 unspecified atom stereocenters. The van der Waals surface area contributed by atoms with Crippen molar-refractivity contribution in [3.63, 3.8) is 0 Å². The molecule has 0 spiro atoms. The SMILES string of the molecule is COc1ccc(S(=O)(=O)N(C[C@@H](O)[C@H](Cc2ccccc2)NC(=O)O)NC2=CCCC2)cc1. The maximum atomic E-state index is 13.4. The molecule has 0 saturated heterocycles. The molecule has 0 fully saturated rings. The minimum absolute atomic E-state index is 0.0207. The highest BCUT2D eigenvalue weighted by Crippen LogP contribution is 2.22. The minimum Gasteiger partial charge on any atom is -0.497 e. The summed E-state index contributed by atoms with van der Waals surface area (Å²) < 4.78 is 32.9. The number of carbonyl (C=O) groups is 1. The van der Waals surface area contributed by atoms with E-state index in [1.54, 1.807) is 12.1 Å². The van der Waals surface area contributed by atoms with E-state index in [4.69, 9.17) is 4.74 Å². The van der Waals surface area contributed by atoms with Gasteiger partial charge in [0, 0.05) is 5.70 Å². The number of nitrogens with one attached hydrogen (secondary N) is 2. The van der Waals surface area contributed by atoms with E-state index < -0.39 is 28.3 Å². The van der Waals surface area contributed by atoms with Gasteiger partial charge in [-0.3, -0.25) is 0 Å². The van der Waals surface area contributed by atoms with E-state index in [0.717, 1.165) is 28.5 Å². The van der Waals surface area contributed by atoms with Crippen molar-refractivity contribution >= 4 is 16.1 Å². The topological polar surface area (TPSA) is 128 Å². The second-order valence-corrected chi connectivity index (χ2v) is 9.62. The van der Waals surface area contributed by atoms with Gasteiger partial charge in [0.05, 0.1) is 30.7 Å². The van der Waals surface area contributed by atoms with E-state index in [1.165, 1.54) is 19.2 Å². The molecule has 0 aromatic heterocycles. The molecule has 178 valence electrons. The van der Waals surface area contributed by atoms with Crippen LogP contribution in [0.15, 0.2) is 71.3 Å². The lowest BCUT2D eigenvalue weighted by Crippen LogP contribution is -2.53. The zero-order valence-corrected chi connectivity index (χ0v) is 19.2. The molecular weight excluding hydrogens is 446 g/mol. The second-order valence-electron chi connectivity index (χ2n) is 7.76. The number of methoxy groups -OCH3 is 1. The molecule has 3 rings (SSSR count). The van der Waals surface area contributed by atoms with Crippen LogP contribution in [-0.4, -0.2) is 54.9 Å². The number of nitrogens with zero attached hydrogens (tertiary/aromatic N) is 1. The highest BCUT2D eigenvalue weighted by Gasteiger charge is 2.32. The fourth-order valence-corrected chi connectivity index (χ4v) is 4.94. The van der Waals surface area contributed by atoms with Crippen LogP contribution in [0.2, 0.25) is 0 Å². The van der Waals surface area contributed by atoms with Crippen LogP contribution < -0.4 is 15.5 Å². The number of rotatable bonds is 11. The number of hydrogen-bond donors (Lipinski definition) is 4. The number of aliphatic hydroxyl groups is 1. The van der Waals surface area contributed by atoms with Crippen LogP contribution in [0.5, 0.6) is 5.75 Å². The predicted octanol–water partition coefficient (Wildman–Crippen LogP) is 2.50. The number of sulfonamides is 1. The minimum atomic E-state index is -4.05. The van der Waals surface area contributed by atoms with Crippen LogP contribution in [-0.2, 0) is 16.4 Å². The van der Waals surface area contributed by atoms with Gasteiger partial charge in [-0.2, -0.15) is 0 Å². The largest absolute Gasteiger partial charge is 0.497 e. The molecule has 0 saturated carbocycles. The molecular formula is C23H29N3O6S. The number of allylic oxidation sites excluding steroid dienone is 2. The Balaban J connectivity index is 1.86. The first-order valence-electron chi connectivity index (χ1n) is 10.6. The number of amides is 1. The van der Waals surface area contributed by atoms with Crippen molar-refractivity contribution in [3.8, 4) is 5.75 Å². The monoisotopic (exact) mass is 475 g/mol. The number of aliphatic hydroxyl groups excluding tert-OH is 1. The summed E-state index contributed by atoms with van der Waals surface area (Å²) in [6.07, 6.45) is 1.92. The summed E-state index contributed by atoms with van der Waals surface area (Å²) in [4.78, 5) is 11.4. The maximum absolute atomic E-state index is 13.4. The van der Waals surface area contributed by atoms with Crippen LogP contribution >= 0.6 is 0 Å². The second kappa shape index (κ2) is 11.2. The van der Waals surface area contributed by atoms with E-state index >= 15 is 0 Å². The molecule has 1 aliphatic carbocycles. The summed E-state index contributed by atoms with van der Waals surface area (Å²) in [6.45, 7) is -0.358. The number of benzene rings is 2. The van der Waals surface area contributed by atoms with Gasteiger partial charge >= 0.3 is 6.09 Å². The van der Waals surface area contributed by atoms with Crippen LogP contribution in [0, 0.1) is 0 Å². The summed E-state index contributed by atoms with van der Waals surface area (Å²) in [5.41, 5.74) is 4.48. The third-order valence-electron chi connectivity index (χ3n) is 5.38. The van der Waals surface area contributed by atoms with E-state index in [-0.39, 0.29) is 17.9 Å². The Kier molecular flexibility index (Phi) is 8.32. The zero-order chi connectivity index (χ0) is 23.8. The van der Waals surface area contributed by atoms with E-state index in [1.807, 2.05) is 36.4 Å². The Morgan fingerprint density at radius 3 is 2.42 bits per heavy atom. The average molecular weight is 476 g/mol. The molecule has 2 atom stereocenters. The Labute approximate surface area is 193 Å². The molecule has 1 aliphatic rings. The van der Waals surface area contributed by atoms with Crippen molar-refractivity contribution < 1.29 is 28.2 Å². The van der Waals surface area contributed by atoms with Crippen molar-refractivity contribution in [2.45, 2.75) is 42.7 Å². The summed E-state index contributed by atoms with van der Waals surface area (Å²) in [5.74, 6) is 0.514. The average Bonchev–Trinajstić information content (AvgIpc) is 3.32. The van der Waals surface area contributed by atoms with Gasteiger partial charge < -0.3 is 25.7 Å². The molecule has 2 aromatic rings. The van der Waals surface area contributed by atoms with Gasteiger partial charge in [-0.15, -0.1) is 4.41 Å². The van der Waals surface area contributed by atoms with Crippen LogP contribution in [0.3, 0.4) is 0 Å². The lowest BCUT2D eigenvalue weighted by Gasteiger charge is -2.30. The smallest absolute Gasteiger partial charge is 0.404 e. The molecule has 0 radical (unpaired) electrons. The fourth-order valence-electron chi connectivity index (χ4n) is 3.62. The van der Waals surface area contributed by atoms with E-state index in [9.17, 15) is 23.4 Å². The number of ether oxygens (including phenoxy) is 1. The summed E-state index contributed by atoms with van der Waals surface area (Å²) in [7, 11) is -2.56. The van der Waals surface area contributed by atoms with Crippen molar-refractivity contribution in [3.05, 3.63) is 71.9 Å². The number of hydrogen-bond acceptors (Lipinski definition) is 6. The summed E-state index contributed by atoms with van der Waals surface area (Å²) in [5, 5.41) is 22.5. The lowest BCUT2D eigenvalue weighted by molar-refractivity contribution is 0.0924. The highest BCUT2D eigenvalue weighted by molar-refractivity contribution is 7.89. The summed E-state index contributed by atoms with van der Waals surface area (Å²) >= 11 is 0. The number of carboxylic acid groups (broad SMARTS) is 1. The van der Waals surface area contributed by atoms with E-state index in [2.05, 4.69) is 10.7 Å². The Morgan fingerprint density at radius 1 is 1.15 bits per heavy atom. The third kappa shape index (κ3) is 6.70. The highest BCUT2D eigenvalue weighted by atomic mass is 32.2. The molecule has 33 heavy (non-hydrogen) atoms. The van der Waals surface area contributed by atoms with Crippen molar-refractivity contribution in [2.75, 3.05) is 13.7 Å². The predicted molar refractivity (Wildman–Crippen MR) is 123 cm³/mol. The van der Waals surface area contributed by atoms with Crippen LogP contribution in [0.25, 0.3) is 0 Å². The standard InChI is InChI=1S/C23H29N3O6S/c1-32-19-11-13-20(14-12-19)33(30,31)26(25-18-9-5-6-10-18)16-22(27)21(24-23(28)29)15-17-7-3-2-4-8-17/h2-4,7-9,11-14,21-22,24-25,27H,5-6,10,15-16H2,1H3,(H,28,29)/t21-,22+/m0/s1. The van der Waals surface area contributed by atoms with E-state index in [0.29, 0.717) is 12.2 Å². The molecule has 4 N–H and O–H groups in total. The van der Waals surface area contributed by atoms with Gasteiger partial charge in [0.15, 0.2) is 0 Å². The van der Waals surface area contributed by atoms with Crippen LogP contribution in [0.4, 0.5) is 4.79 Å². The molecule has 1 amide bonds. The normalized spacial score (nSPS) is 15.5. The third-order valence-corrected chi connectivity index (χ3v) is 7.07. The Bertz CT molecular complexity index is 1060. The van der Waals surface area contributed by atoms with Crippen molar-refractivity contribution in [2.24, 2.45) is 0 Å². The first kappa shape index (κ1) is 24.6. The van der Waals surface area contributed by atoms with Crippen LogP contribution in [0.1, 0.15) is 24.8 Å². The summed E-state index contributed by atoms with van der Waals surface area (Å²) in [6, 6.07) is 14.1.